The van der Waals surface area contributed by atoms with Crippen molar-refractivity contribution in [2.24, 2.45) is 5.73 Å². The molecule has 0 amide bonds. The van der Waals surface area contributed by atoms with Gasteiger partial charge in [0, 0.05) is 18.7 Å². The number of sulfone groups is 1. The molecule has 1 aromatic carbocycles. The third-order valence-electron chi connectivity index (χ3n) is 4.38. The van der Waals surface area contributed by atoms with Crippen LogP contribution in [0.2, 0.25) is 0 Å². The molecular formula is C18H27FN2O5S2. The van der Waals surface area contributed by atoms with Crippen LogP contribution in [0.15, 0.2) is 41.1 Å². The molecule has 1 aromatic rings. The van der Waals surface area contributed by atoms with Gasteiger partial charge in [0.25, 0.3) is 0 Å². The SMILES string of the molecule is NC/C(=C\F)COc1ccc(S(=O)(=O)CCCCCNS(=O)(=O)C2CC2)cc1. The number of hydrogen-bond donors (Lipinski definition) is 2. The second-order valence-electron chi connectivity index (χ2n) is 6.75. The molecule has 0 aromatic heterocycles. The Morgan fingerprint density at radius 1 is 1.14 bits per heavy atom. The Morgan fingerprint density at radius 2 is 1.82 bits per heavy atom. The zero-order chi connectivity index (χ0) is 20.6. The van der Waals surface area contributed by atoms with Gasteiger partial charge in [-0.2, -0.15) is 0 Å². The molecular weight excluding hydrogens is 407 g/mol. The number of rotatable bonds is 13. The fourth-order valence-electron chi connectivity index (χ4n) is 2.48. The molecule has 1 fully saturated rings. The van der Waals surface area contributed by atoms with Crippen LogP contribution in [-0.4, -0.2) is 47.5 Å². The number of unbranched alkanes of at least 4 members (excludes halogenated alkanes) is 2. The van der Waals surface area contributed by atoms with Gasteiger partial charge >= 0.3 is 0 Å². The van der Waals surface area contributed by atoms with Gasteiger partial charge in [-0.3, -0.25) is 0 Å². The largest absolute Gasteiger partial charge is 0.489 e. The predicted octanol–water partition coefficient (Wildman–Crippen LogP) is 1.90. The van der Waals surface area contributed by atoms with Crippen molar-refractivity contribution in [3.05, 3.63) is 36.2 Å². The summed E-state index contributed by atoms with van der Waals surface area (Å²) in [5, 5.41) is -0.241. The zero-order valence-electron chi connectivity index (χ0n) is 15.6. The van der Waals surface area contributed by atoms with Crippen LogP contribution in [0.4, 0.5) is 4.39 Å². The second-order valence-corrected chi connectivity index (χ2v) is 10.9. The van der Waals surface area contributed by atoms with Gasteiger partial charge < -0.3 is 10.5 Å². The summed E-state index contributed by atoms with van der Waals surface area (Å²) in [6.45, 7) is 0.387. The van der Waals surface area contributed by atoms with Crippen molar-refractivity contribution in [3.8, 4) is 5.75 Å². The molecule has 0 spiro atoms. The Kier molecular flexibility index (Phi) is 8.41. The topological polar surface area (TPSA) is 116 Å². The fraction of sp³-hybridized carbons (Fsp3) is 0.556. The average Bonchev–Trinajstić information content (AvgIpc) is 3.52. The van der Waals surface area contributed by atoms with Crippen molar-refractivity contribution in [1.82, 2.24) is 4.72 Å². The van der Waals surface area contributed by atoms with E-state index in [1.165, 1.54) is 24.3 Å². The highest BCUT2D eigenvalue weighted by atomic mass is 32.2. The lowest BCUT2D eigenvalue weighted by Gasteiger charge is -2.09. The molecule has 0 bridgehead atoms. The summed E-state index contributed by atoms with van der Waals surface area (Å²) < 4.78 is 68.4. The maximum Gasteiger partial charge on any atom is 0.214 e. The Bertz CT molecular complexity index is 864. The van der Waals surface area contributed by atoms with Crippen LogP contribution in [0.1, 0.15) is 32.1 Å². The average molecular weight is 435 g/mol. The van der Waals surface area contributed by atoms with Crippen LogP contribution in [0, 0.1) is 0 Å². The Balaban J connectivity index is 1.72. The standard InChI is InChI=1S/C18H27FN2O5S2/c19-12-15(13-20)14-26-16-4-6-17(7-5-16)27(22,23)11-3-1-2-10-21-28(24,25)18-8-9-18/h4-7,12,18,21H,1-3,8-11,13-14,20H2/b15-12+. The van der Waals surface area contributed by atoms with E-state index in [0.717, 1.165) is 12.8 Å². The molecule has 0 aliphatic heterocycles. The molecule has 1 saturated carbocycles. The molecule has 3 N–H and O–H groups in total. The second kappa shape index (κ2) is 10.3. The number of sulfonamides is 1. The summed E-state index contributed by atoms with van der Waals surface area (Å²) in [7, 11) is -6.60. The number of halogens is 1. The van der Waals surface area contributed by atoms with Crippen LogP contribution < -0.4 is 15.2 Å². The van der Waals surface area contributed by atoms with E-state index < -0.39 is 19.9 Å². The van der Waals surface area contributed by atoms with Crippen molar-refractivity contribution in [3.63, 3.8) is 0 Å². The molecule has 0 saturated heterocycles. The minimum absolute atomic E-state index is 0.00357. The van der Waals surface area contributed by atoms with E-state index in [0.29, 0.717) is 43.5 Å². The van der Waals surface area contributed by atoms with Crippen LogP contribution in [0.5, 0.6) is 5.75 Å². The maximum atomic E-state index is 12.4. The first-order chi connectivity index (χ1) is 13.3. The molecule has 1 aliphatic carbocycles. The normalized spacial score (nSPS) is 15.6. The number of nitrogens with one attached hydrogen (secondary N) is 1. The number of hydrogen-bond acceptors (Lipinski definition) is 6. The van der Waals surface area contributed by atoms with Gasteiger partial charge in [-0.05, 0) is 49.9 Å². The lowest BCUT2D eigenvalue weighted by Crippen LogP contribution is -2.28. The fourth-order valence-corrected chi connectivity index (χ4v) is 5.27. The first-order valence-electron chi connectivity index (χ1n) is 9.21. The lowest BCUT2D eigenvalue weighted by molar-refractivity contribution is 0.347. The van der Waals surface area contributed by atoms with E-state index in [4.69, 9.17) is 10.5 Å². The first-order valence-corrected chi connectivity index (χ1v) is 12.4. The van der Waals surface area contributed by atoms with Gasteiger partial charge in [-0.15, -0.1) is 0 Å². The number of ether oxygens (including phenoxy) is 1. The minimum atomic E-state index is -3.42. The van der Waals surface area contributed by atoms with Gasteiger partial charge in [0.1, 0.15) is 12.4 Å². The molecule has 158 valence electrons. The van der Waals surface area contributed by atoms with E-state index in [1.807, 2.05) is 0 Å². The molecule has 0 unspecified atom stereocenters. The summed E-state index contributed by atoms with van der Waals surface area (Å²) in [6.07, 6.45) is 3.50. The van der Waals surface area contributed by atoms with Crippen molar-refractivity contribution in [1.29, 1.82) is 0 Å². The number of nitrogens with two attached hydrogens (primary N) is 1. The Labute approximate surface area is 166 Å². The van der Waals surface area contributed by atoms with Crippen molar-refractivity contribution in [2.75, 3.05) is 25.4 Å². The summed E-state index contributed by atoms with van der Waals surface area (Å²) in [5.74, 6) is 0.416. The summed E-state index contributed by atoms with van der Waals surface area (Å²) in [5.41, 5.74) is 5.64. The molecule has 10 heteroatoms. The molecule has 7 nitrogen and oxygen atoms in total. The summed E-state index contributed by atoms with van der Waals surface area (Å²) in [6, 6.07) is 5.95. The monoisotopic (exact) mass is 434 g/mol. The van der Waals surface area contributed by atoms with E-state index in [9.17, 15) is 21.2 Å². The van der Waals surface area contributed by atoms with Crippen molar-refractivity contribution >= 4 is 19.9 Å². The van der Waals surface area contributed by atoms with Crippen LogP contribution in [0.25, 0.3) is 0 Å². The van der Waals surface area contributed by atoms with Gasteiger partial charge in [0.2, 0.25) is 10.0 Å². The summed E-state index contributed by atoms with van der Waals surface area (Å²) in [4.78, 5) is 0.189. The molecule has 0 radical (unpaired) electrons. The quantitative estimate of drug-likeness (QED) is 0.458. The van der Waals surface area contributed by atoms with Crippen LogP contribution in [0.3, 0.4) is 0 Å². The summed E-state index contributed by atoms with van der Waals surface area (Å²) >= 11 is 0. The van der Waals surface area contributed by atoms with E-state index in [-0.39, 0.29) is 29.0 Å². The minimum Gasteiger partial charge on any atom is -0.489 e. The molecule has 28 heavy (non-hydrogen) atoms. The highest BCUT2D eigenvalue weighted by Crippen LogP contribution is 2.27. The third kappa shape index (κ3) is 7.16. The maximum absolute atomic E-state index is 12.4. The smallest absolute Gasteiger partial charge is 0.214 e. The highest BCUT2D eigenvalue weighted by molar-refractivity contribution is 7.91. The van der Waals surface area contributed by atoms with Crippen LogP contribution in [-0.2, 0) is 19.9 Å². The Hall–Kier alpha value is -1.49. The van der Waals surface area contributed by atoms with Gasteiger partial charge in [0.15, 0.2) is 9.84 Å². The molecule has 0 heterocycles. The van der Waals surface area contributed by atoms with E-state index >= 15 is 0 Å². The highest BCUT2D eigenvalue weighted by Gasteiger charge is 2.35. The van der Waals surface area contributed by atoms with E-state index in [2.05, 4.69) is 4.72 Å². The van der Waals surface area contributed by atoms with Gasteiger partial charge in [0.05, 0.1) is 22.2 Å². The number of benzene rings is 1. The van der Waals surface area contributed by atoms with Crippen molar-refractivity contribution < 1.29 is 26.0 Å². The van der Waals surface area contributed by atoms with Gasteiger partial charge in [-0.25, -0.2) is 25.9 Å². The first kappa shape index (κ1) is 22.8. The molecule has 1 aliphatic rings. The molecule has 2 rings (SSSR count). The lowest BCUT2D eigenvalue weighted by atomic mass is 10.2. The van der Waals surface area contributed by atoms with E-state index in [1.54, 1.807) is 0 Å². The van der Waals surface area contributed by atoms with Gasteiger partial charge in [-0.1, -0.05) is 6.42 Å². The van der Waals surface area contributed by atoms with Crippen LogP contribution >= 0.6 is 0 Å². The predicted molar refractivity (Wildman–Crippen MR) is 106 cm³/mol. The zero-order valence-corrected chi connectivity index (χ0v) is 17.3. The molecule has 0 atom stereocenters. The third-order valence-corrected chi connectivity index (χ3v) is 8.15. The van der Waals surface area contributed by atoms with Crippen molar-refractivity contribution in [2.45, 2.75) is 42.2 Å². The Morgan fingerprint density at radius 3 is 2.39 bits per heavy atom.